The lowest BCUT2D eigenvalue weighted by atomic mass is 9.94. The Bertz CT molecular complexity index is 162. The van der Waals surface area contributed by atoms with Crippen molar-refractivity contribution in [2.24, 2.45) is 17.8 Å². The van der Waals surface area contributed by atoms with E-state index < -0.39 is 0 Å². The lowest BCUT2D eigenvalue weighted by Crippen LogP contribution is -2.24. The number of hydrogen-bond acceptors (Lipinski definition) is 1. The number of allylic oxidation sites excluding steroid dienone is 2. The smallest absolute Gasteiger partial charge is 0.00148 e. The molecule has 2 bridgehead atoms. The Kier molecular flexibility index (Phi) is 1.99. The van der Waals surface area contributed by atoms with Gasteiger partial charge >= 0.3 is 0 Å². The van der Waals surface area contributed by atoms with Crippen molar-refractivity contribution in [3.63, 3.8) is 0 Å². The molecule has 3 atom stereocenters. The van der Waals surface area contributed by atoms with Gasteiger partial charge in [0.25, 0.3) is 0 Å². The Morgan fingerprint density at radius 2 is 2.27 bits per heavy atom. The van der Waals surface area contributed by atoms with E-state index in [4.69, 9.17) is 0 Å². The molecule has 0 amide bonds. The minimum Gasteiger partial charge on any atom is -0.317 e. The van der Waals surface area contributed by atoms with Crippen molar-refractivity contribution in [1.29, 1.82) is 0 Å². The lowest BCUT2D eigenvalue weighted by Gasteiger charge is -2.17. The Hall–Kier alpha value is -0.300. The molecule has 1 fully saturated rings. The van der Waals surface area contributed by atoms with Gasteiger partial charge in [0, 0.05) is 0 Å². The summed E-state index contributed by atoms with van der Waals surface area (Å²) >= 11 is 0. The summed E-state index contributed by atoms with van der Waals surface area (Å²) in [6.07, 6.45) is 7.72. The Morgan fingerprint density at radius 1 is 1.36 bits per heavy atom. The van der Waals surface area contributed by atoms with Crippen LogP contribution in [-0.2, 0) is 0 Å². The minimum atomic E-state index is 0.916. The van der Waals surface area contributed by atoms with Gasteiger partial charge in [0.2, 0.25) is 0 Å². The topological polar surface area (TPSA) is 12.0 Å². The molecule has 0 aromatic rings. The Labute approximate surface area is 68.9 Å². The summed E-state index contributed by atoms with van der Waals surface area (Å²) in [6, 6.07) is 0. The summed E-state index contributed by atoms with van der Waals surface area (Å²) in [5.41, 5.74) is 0. The zero-order chi connectivity index (χ0) is 7.68. The van der Waals surface area contributed by atoms with E-state index in [-0.39, 0.29) is 0 Å². The third-order valence-corrected chi connectivity index (χ3v) is 3.07. The molecule has 2 rings (SSSR count). The van der Waals surface area contributed by atoms with Crippen molar-refractivity contribution < 1.29 is 0 Å². The van der Waals surface area contributed by atoms with Gasteiger partial charge in [-0.25, -0.2) is 0 Å². The SMILES string of the molecule is CCNCC1CC2C=CC1C2. The molecule has 62 valence electrons. The highest BCUT2D eigenvalue weighted by Gasteiger charge is 2.34. The van der Waals surface area contributed by atoms with Crippen molar-refractivity contribution in [2.45, 2.75) is 19.8 Å². The second-order valence-electron chi connectivity index (χ2n) is 3.85. The van der Waals surface area contributed by atoms with Crippen LogP contribution in [0.4, 0.5) is 0 Å². The maximum Gasteiger partial charge on any atom is -0.00148 e. The van der Waals surface area contributed by atoms with Gasteiger partial charge in [-0.1, -0.05) is 19.1 Å². The number of nitrogens with one attached hydrogen (secondary N) is 1. The standard InChI is InChI=1S/C10H17N/c1-2-11-7-10-6-8-3-4-9(10)5-8/h3-4,8-11H,2,5-7H2,1H3. The first kappa shape index (κ1) is 7.35. The normalized spacial score (nSPS) is 40.3. The monoisotopic (exact) mass is 151 g/mol. The second-order valence-corrected chi connectivity index (χ2v) is 3.85. The molecule has 0 spiro atoms. The van der Waals surface area contributed by atoms with E-state index in [1.165, 1.54) is 19.4 Å². The molecule has 1 saturated carbocycles. The van der Waals surface area contributed by atoms with Gasteiger partial charge in [0.05, 0.1) is 0 Å². The molecule has 0 aromatic carbocycles. The summed E-state index contributed by atoms with van der Waals surface area (Å²) in [7, 11) is 0. The zero-order valence-electron chi connectivity index (χ0n) is 7.22. The summed E-state index contributed by atoms with van der Waals surface area (Å²) < 4.78 is 0. The number of hydrogen-bond donors (Lipinski definition) is 1. The molecule has 0 aliphatic heterocycles. The van der Waals surface area contributed by atoms with Gasteiger partial charge in [-0.05, 0) is 43.7 Å². The Morgan fingerprint density at radius 3 is 2.82 bits per heavy atom. The third-order valence-electron chi connectivity index (χ3n) is 3.07. The maximum absolute atomic E-state index is 3.44. The van der Waals surface area contributed by atoms with Crippen LogP contribution in [0.3, 0.4) is 0 Å². The van der Waals surface area contributed by atoms with Crippen LogP contribution in [-0.4, -0.2) is 13.1 Å². The van der Waals surface area contributed by atoms with Crippen molar-refractivity contribution in [2.75, 3.05) is 13.1 Å². The van der Waals surface area contributed by atoms with E-state index >= 15 is 0 Å². The molecule has 1 nitrogen and oxygen atoms in total. The molecular formula is C10H17N. The molecule has 11 heavy (non-hydrogen) atoms. The van der Waals surface area contributed by atoms with Crippen LogP contribution in [0.2, 0.25) is 0 Å². The predicted octanol–water partition coefficient (Wildman–Crippen LogP) is 1.81. The molecule has 1 heteroatoms. The lowest BCUT2D eigenvalue weighted by molar-refractivity contribution is 0.420. The highest BCUT2D eigenvalue weighted by Crippen LogP contribution is 2.42. The summed E-state index contributed by atoms with van der Waals surface area (Å²) in [5, 5.41) is 3.44. The van der Waals surface area contributed by atoms with Gasteiger partial charge in [-0.15, -0.1) is 0 Å². The van der Waals surface area contributed by atoms with E-state index in [1.54, 1.807) is 0 Å². The van der Waals surface area contributed by atoms with E-state index in [2.05, 4.69) is 24.4 Å². The average molecular weight is 151 g/mol. The summed E-state index contributed by atoms with van der Waals surface area (Å²) in [4.78, 5) is 0. The van der Waals surface area contributed by atoms with E-state index in [0.29, 0.717) is 0 Å². The fourth-order valence-electron chi connectivity index (χ4n) is 2.46. The minimum absolute atomic E-state index is 0.916. The second kappa shape index (κ2) is 2.98. The van der Waals surface area contributed by atoms with Crippen molar-refractivity contribution in [3.05, 3.63) is 12.2 Å². The van der Waals surface area contributed by atoms with Gasteiger partial charge in [-0.3, -0.25) is 0 Å². The first-order valence-electron chi connectivity index (χ1n) is 4.79. The fourth-order valence-corrected chi connectivity index (χ4v) is 2.46. The van der Waals surface area contributed by atoms with Gasteiger partial charge in [0.15, 0.2) is 0 Å². The number of fused-ring (bicyclic) bond motifs is 2. The van der Waals surface area contributed by atoms with Crippen LogP contribution in [0, 0.1) is 17.8 Å². The van der Waals surface area contributed by atoms with Crippen LogP contribution < -0.4 is 5.32 Å². The quantitative estimate of drug-likeness (QED) is 0.607. The van der Waals surface area contributed by atoms with Gasteiger partial charge in [0.1, 0.15) is 0 Å². The van der Waals surface area contributed by atoms with E-state index in [0.717, 1.165) is 24.3 Å². The zero-order valence-corrected chi connectivity index (χ0v) is 7.22. The van der Waals surface area contributed by atoms with Crippen molar-refractivity contribution in [1.82, 2.24) is 5.32 Å². The molecule has 0 aromatic heterocycles. The van der Waals surface area contributed by atoms with Crippen LogP contribution in [0.15, 0.2) is 12.2 Å². The molecule has 0 radical (unpaired) electrons. The van der Waals surface area contributed by atoms with Crippen LogP contribution in [0.25, 0.3) is 0 Å². The highest BCUT2D eigenvalue weighted by atomic mass is 14.8. The molecule has 1 N–H and O–H groups in total. The molecule has 2 aliphatic carbocycles. The molecular weight excluding hydrogens is 134 g/mol. The van der Waals surface area contributed by atoms with Crippen LogP contribution in [0.5, 0.6) is 0 Å². The summed E-state index contributed by atoms with van der Waals surface area (Å²) in [6.45, 7) is 4.54. The van der Waals surface area contributed by atoms with E-state index in [1.807, 2.05) is 0 Å². The molecule has 0 saturated heterocycles. The molecule has 2 aliphatic rings. The average Bonchev–Trinajstić information content (AvgIpc) is 2.60. The van der Waals surface area contributed by atoms with Crippen molar-refractivity contribution in [3.8, 4) is 0 Å². The first-order chi connectivity index (χ1) is 5.40. The molecule has 0 heterocycles. The molecule has 3 unspecified atom stereocenters. The van der Waals surface area contributed by atoms with Crippen LogP contribution in [0.1, 0.15) is 19.8 Å². The third kappa shape index (κ3) is 1.34. The van der Waals surface area contributed by atoms with Gasteiger partial charge < -0.3 is 5.32 Å². The summed E-state index contributed by atoms with van der Waals surface area (Å²) in [5.74, 6) is 2.80. The largest absolute Gasteiger partial charge is 0.317 e. The first-order valence-corrected chi connectivity index (χ1v) is 4.79. The predicted molar refractivity (Wildman–Crippen MR) is 47.4 cm³/mol. The maximum atomic E-state index is 3.44. The fraction of sp³-hybridized carbons (Fsp3) is 0.800. The van der Waals surface area contributed by atoms with Crippen LogP contribution >= 0.6 is 0 Å². The Balaban J connectivity index is 1.84. The van der Waals surface area contributed by atoms with E-state index in [9.17, 15) is 0 Å². The highest BCUT2D eigenvalue weighted by molar-refractivity contribution is 5.10. The van der Waals surface area contributed by atoms with Crippen molar-refractivity contribution >= 4 is 0 Å². The number of rotatable bonds is 3. The van der Waals surface area contributed by atoms with Gasteiger partial charge in [-0.2, -0.15) is 0 Å².